The van der Waals surface area contributed by atoms with Gasteiger partial charge in [-0.25, -0.2) is 14.8 Å². The molecule has 42 heavy (non-hydrogen) atoms. The van der Waals surface area contributed by atoms with E-state index in [2.05, 4.69) is 51.1 Å². The second-order valence-electron chi connectivity index (χ2n) is 11.3. The second-order valence-corrected chi connectivity index (χ2v) is 11.3. The molecule has 1 aromatic carbocycles. The monoisotopic (exact) mass is 574 g/mol. The van der Waals surface area contributed by atoms with Crippen molar-refractivity contribution in [3.63, 3.8) is 0 Å². The van der Waals surface area contributed by atoms with Crippen molar-refractivity contribution in [1.29, 1.82) is 0 Å². The van der Waals surface area contributed by atoms with E-state index in [4.69, 9.17) is 4.52 Å². The minimum Gasteiger partial charge on any atom is -0.395 e. The highest BCUT2D eigenvalue weighted by Crippen LogP contribution is 2.25. The van der Waals surface area contributed by atoms with E-state index in [0.717, 1.165) is 48.8 Å². The van der Waals surface area contributed by atoms with Crippen molar-refractivity contribution < 1.29 is 14.4 Å². The van der Waals surface area contributed by atoms with Crippen molar-refractivity contribution in [2.75, 3.05) is 54.9 Å². The van der Waals surface area contributed by atoms with Crippen molar-refractivity contribution in [1.82, 2.24) is 35.5 Å². The summed E-state index contributed by atoms with van der Waals surface area (Å²) < 4.78 is 5.31. The van der Waals surface area contributed by atoms with Crippen LogP contribution in [0.3, 0.4) is 0 Å². The molecule has 1 aliphatic rings. The quantitative estimate of drug-likeness (QED) is 0.200. The molecule has 13 heteroatoms. The number of carbonyl (C=O) groups excluding carboxylic acids is 1. The Morgan fingerprint density at radius 1 is 1.05 bits per heavy atom. The van der Waals surface area contributed by atoms with Crippen LogP contribution in [-0.2, 0) is 12.0 Å². The minimum absolute atomic E-state index is 0.178. The number of aromatic nitrogens is 5. The van der Waals surface area contributed by atoms with Crippen molar-refractivity contribution in [3.8, 4) is 11.3 Å². The number of benzene rings is 1. The smallest absolute Gasteiger partial charge is 0.320 e. The molecule has 2 amide bonds. The lowest BCUT2D eigenvalue weighted by atomic mass is 9.93. The Balaban J connectivity index is 1.14. The first-order valence-corrected chi connectivity index (χ1v) is 14.0. The summed E-state index contributed by atoms with van der Waals surface area (Å²) in [4.78, 5) is 26.0. The second kappa shape index (κ2) is 12.6. The molecule has 0 aliphatic carbocycles. The standard InChI is InChI=1S/C29H38N10O3/c1-19-31-24(17-27(32-19)39-11-9-38(10-12-39)13-14-40)33-25-15-22(35-36-25)21-7-5-20(6-8-21)18-30-28(41)34-26-16-23(42-37-26)29(2,3)4/h5-8,15-17,40H,9-14,18H2,1-4H3,(H2,30,34,37,41)(H2,31,32,33,35,36). The molecule has 0 bridgehead atoms. The molecule has 0 radical (unpaired) electrons. The summed E-state index contributed by atoms with van der Waals surface area (Å²) in [5.41, 5.74) is 2.47. The van der Waals surface area contributed by atoms with Gasteiger partial charge in [-0.1, -0.05) is 50.2 Å². The van der Waals surface area contributed by atoms with Crippen LogP contribution in [0.4, 0.5) is 28.1 Å². The fourth-order valence-electron chi connectivity index (χ4n) is 4.62. The fourth-order valence-corrected chi connectivity index (χ4v) is 4.62. The van der Waals surface area contributed by atoms with Crippen LogP contribution in [0, 0.1) is 6.92 Å². The van der Waals surface area contributed by atoms with Crippen LogP contribution >= 0.6 is 0 Å². The van der Waals surface area contributed by atoms with Crippen LogP contribution in [0.2, 0.25) is 0 Å². The highest BCUT2D eigenvalue weighted by Gasteiger charge is 2.21. The Kier molecular flexibility index (Phi) is 8.69. The molecule has 5 rings (SSSR count). The number of aliphatic hydroxyl groups is 1. The van der Waals surface area contributed by atoms with Crippen molar-refractivity contribution in [2.45, 2.75) is 39.7 Å². The maximum Gasteiger partial charge on any atom is 0.320 e. The number of H-pyrrole nitrogens is 1. The minimum atomic E-state index is -0.358. The number of hydrogen-bond acceptors (Lipinski definition) is 10. The first-order chi connectivity index (χ1) is 20.2. The third-order valence-corrected chi connectivity index (χ3v) is 6.97. The van der Waals surface area contributed by atoms with Gasteiger partial charge in [-0.3, -0.25) is 15.3 Å². The number of carbonyl (C=O) groups is 1. The van der Waals surface area contributed by atoms with Gasteiger partial charge in [-0.2, -0.15) is 5.10 Å². The Hall–Kier alpha value is -4.49. The average Bonchev–Trinajstić information content (AvgIpc) is 3.63. The third kappa shape index (κ3) is 7.42. The summed E-state index contributed by atoms with van der Waals surface area (Å²) in [5, 5.41) is 29.4. The molecule has 0 saturated carbocycles. The van der Waals surface area contributed by atoms with E-state index in [0.29, 0.717) is 42.1 Å². The van der Waals surface area contributed by atoms with Crippen molar-refractivity contribution >= 4 is 29.3 Å². The summed E-state index contributed by atoms with van der Waals surface area (Å²) in [5.74, 6) is 4.04. The number of urea groups is 1. The first-order valence-electron chi connectivity index (χ1n) is 14.0. The number of hydrogen-bond donors (Lipinski definition) is 5. The van der Waals surface area contributed by atoms with Crippen LogP contribution < -0.4 is 20.9 Å². The highest BCUT2D eigenvalue weighted by atomic mass is 16.5. The average molecular weight is 575 g/mol. The van der Waals surface area contributed by atoms with Crippen LogP contribution in [0.15, 0.2) is 47.0 Å². The number of aliphatic hydroxyl groups excluding tert-OH is 1. The van der Waals surface area contributed by atoms with Gasteiger partial charge in [0.25, 0.3) is 0 Å². The normalized spacial score (nSPS) is 14.2. The predicted molar refractivity (Wildman–Crippen MR) is 161 cm³/mol. The van der Waals surface area contributed by atoms with Crippen molar-refractivity contribution in [2.24, 2.45) is 0 Å². The van der Waals surface area contributed by atoms with Gasteiger partial charge >= 0.3 is 6.03 Å². The first kappa shape index (κ1) is 29.0. The molecule has 222 valence electrons. The summed E-state index contributed by atoms with van der Waals surface area (Å²) in [6.07, 6.45) is 0. The fraction of sp³-hybridized carbons (Fsp3) is 0.414. The number of β-amino-alcohol motifs (C(OH)–C–C–N with tert-alkyl or cyclic N) is 1. The third-order valence-electron chi connectivity index (χ3n) is 6.97. The predicted octanol–water partition coefficient (Wildman–Crippen LogP) is 3.64. The SMILES string of the molecule is Cc1nc(Nc2cc(-c3ccc(CNC(=O)Nc4cc(C(C)(C)C)on4)cc3)n[nH]2)cc(N2CCN(CCO)CC2)n1. The molecular weight excluding hydrogens is 536 g/mol. The number of piperazine rings is 1. The van der Waals surface area contributed by atoms with E-state index in [1.54, 1.807) is 6.07 Å². The number of anilines is 4. The van der Waals surface area contributed by atoms with E-state index in [9.17, 15) is 9.90 Å². The van der Waals surface area contributed by atoms with E-state index >= 15 is 0 Å². The maximum absolute atomic E-state index is 12.3. The molecule has 4 aromatic rings. The van der Waals surface area contributed by atoms with E-state index in [1.807, 2.05) is 64.1 Å². The van der Waals surface area contributed by atoms with Crippen LogP contribution in [0.25, 0.3) is 11.3 Å². The molecule has 1 fully saturated rings. The number of aryl methyl sites for hydroxylation is 1. The highest BCUT2D eigenvalue weighted by molar-refractivity contribution is 5.88. The van der Waals surface area contributed by atoms with E-state index in [1.165, 1.54) is 0 Å². The number of nitrogens with one attached hydrogen (secondary N) is 4. The molecule has 5 N–H and O–H groups in total. The summed E-state index contributed by atoms with van der Waals surface area (Å²) in [6, 6.07) is 13.1. The lowest BCUT2D eigenvalue weighted by Crippen LogP contribution is -2.47. The van der Waals surface area contributed by atoms with E-state index in [-0.39, 0.29) is 18.1 Å². The molecule has 0 unspecified atom stereocenters. The number of amides is 2. The molecule has 3 aromatic heterocycles. The molecule has 13 nitrogen and oxygen atoms in total. The van der Waals surface area contributed by atoms with Gasteiger partial charge < -0.3 is 25.2 Å². The lowest BCUT2D eigenvalue weighted by Gasteiger charge is -2.35. The Labute approximate surface area is 244 Å². The largest absolute Gasteiger partial charge is 0.395 e. The lowest BCUT2D eigenvalue weighted by molar-refractivity contribution is 0.188. The number of aromatic amines is 1. The summed E-state index contributed by atoms with van der Waals surface area (Å²) in [7, 11) is 0. The van der Waals surface area contributed by atoms with E-state index < -0.39 is 0 Å². The molecule has 1 saturated heterocycles. The molecular formula is C29H38N10O3. The van der Waals surface area contributed by atoms with Gasteiger partial charge in [0.1, 0.15) is 29.0 Å². The maximum atomic E-state index is 12.3. The van der Waals surface area contributed by atoms with Gasteiger partial charge in [0.2, 0.25) is 0 Å². The Morgan fingerprint density at radius 2 is 1.81 bits per heavy atom. The molecule has 1 aliphatic heterocycles. The summed E-state index contributed by atoms with van der Waals surface area (Å²) >= 11 is 0. The van der Waals surface area contributed by atoms with Crippen LogP contribution in [0.5, 0.6) is 0 Å². The van der Waals surface area contributed by atoms with Gasteiger partial charge in [0.15, 0.2) is 5.82 Å². The van der Waals surface area contributed by atoms with Gasteiger partial charge in [-0.15, -0.1) is 0 Å². The molecule has 4 heterocycles. The topological polar surface area (TPSA) is 160 Å². The molecule has 0 atom stereocenters. The van der Waals surface area contributed by atoms with Crippen molar-refractivity contribution in [3.05, 3.63) is 59.6 Å². The number of rotatable bonds is 9. The number of nitrogens with zero attached hydrogens (tertiary/aromatic N) is 6. The zero-order chi connectivity index (χ0) is 29.7. The van der Waals surface area contributed by atoms with Gasteiger partial charge in [0.05, 0.1) is 12.3 Å². The molecule has 0 spiro atoms. The van der Waals surface area contributed by atoms with Crippen LogP contribution in [-0.4, -0.2) is 80.7 Å². The zero-order valence-corrected chi connectivity index (χ0v) is 24.4. The Morgan fingerprint density at radius 3 is 2.50 bits per heavy atom. The van der Waals surface area contributed by atoms with Gasteiger partial charge in [0, 0.05) is 68.4 Å². The van der Waals surface area contributed by atoms with Gasteiger partial charge in [-0.05, 0) is 12.5 Å². The summed E-state index contributed by atoms with van der Waals surface area (Å²) in [6.45, 7) is 12.6. The van der Waals surface area contributed by atoms with Crippen LogP contribution in [0.1, 0.15) is 37.9 Å². The zero-order valence-electron chi connectivity index (χ0n) is 24.4. The Bertz CT molecular complexity index is 1480.